The van der Waals surface area contributed by atoms with E-state index in [0.717, 1.165) is 24.9 Å². The first-order valence-corrected chi connectivity index (χ1v) is 7.27. The van der Waals surface area contributed by atoms with E-state index in [9.17, 15) is 0 Å². The van der Waals surface area contributed by atoms with Gasteiger partial charge >= 0.3 is 0 Å². The van der Waals surface area contributed by atoms with Crippen molar-refractivity contribution >= 4 is 11.6 Å². The molecule has 0 aromatic carbocycles. The first-order valence-electron chi connectivity index (χ1n) is 6.73. The maximum Gasteiger partial charge on any atom is 0.0224 e. The molecular weight excluding hydrogens is 220 g/mol. The highest BCUT2D eigenvalue weighted by Gasteiger charge is 2.18. The van der Waals surface area contributed by atoms with Gasteiger partial charge in [0, 0.05) is 18.0 Å². The van der Waals surface area contributed by atoms with Crippen LogP contribution in [-0.2, 0) is 0 Å². The molecule has 0 aliphatic carbocycles. The van der Waals surface area contributed by atoms with Gasteiger partial charge in [0.15, 0.2) is 0 Å². The van der Waals surface area contributed by atoms with Crippen LogP contribution < -0.4 is 5.32 Å². The first kappa shape index (κ1) is 14.3. The molecular formula is C13H27ClN2. The fourth-order valence-corrected chi connectivity index (χ4v) is 2.64. The molecule has 1 heterocycles. The predicted octanol–water partition coefficient (Wildman–Crippen LogP) is 2.86. The SMILES string of the molecule is CC(CCCCl)NCCC1CCCCN1C. The number of alkyl halides is 1. The molecule has 1 rings (SSSR count). The third-order valence-electron chi connectivity index (χ3n) is 3.66. The van der Waals surface area contributed by atoms with E-state index in [1.165, 1.54) is 38.6 Å². The summed E-state index contributed by atoms with van der Waals surface area (Å²) >= 11 is 5.69. The largest absolute Gasteiger partial charge is 0.314 e. The van der Waals surface area contributed by atoms with Crippen molar-refractivity contribution in [3.05, 3.63) is 0 Å². The van der Waals surface area contributed by atoms with Crippen molar-refractivity contribution in [3.8, 4) is 0 Å². The number of nitrogens with one attached hydrogen (secondary N) is 1. The zero-order chi connectivity index (χ0) is 11.8. The Labute approximate surface area is 106 Å². The fraction of sp³-hybridized carbons (Fsp3) is 1.00. The lowest BCUT2D eigenvalue weighted by molar-refractivity contribution is 0.174. The average molecular weight is 247 g/mol. The van der Waals surface area contributed by atoms with Crippen LogP contribution >= 0.6 is 11.6 Å². The van der Waals surface area contributed by atoms with E-state index in [-0.39, 0.29) is 0 Å². The molecule has 1 saturated heterocycles. The molecule has 2 nitrogen and oxygen atoms in total. The molecule has 1 fully saturated rings. The molecule has 1 aliphatic heterocycles. The number of hydrogen-bond donors (Lipinski definition) is 1. The van der Waals surface area contributed by atoms with Gasteiger partial charge in [0.05, 0.1) is 0 Å². The lowest BCUT2D eigenvalue weighted by atomic mass is 10.00. The molecule has 0 aromatic rings. The molecule has 96 valence electrons. The standard InChI is InChI=1S/C13H27ClN2/c1-12(6-5-9-14)15-10-8-13-7-3-4-11-16(13)2/h12-13,15H,3-11H2,1-2H3. The normalized spacial score (nSPS) is 24.6. The van der Waals surface area contributed by atoms with Gasteiger partial charge in [0.2, 0.25) is 0 Å². The summed E-state index contributed by atoms with van der Waals surface area (Å²) in [6, 6.07) is 1.43. The van der Waals surface area contributed by atoms with Gasteiger partial charge in [-0.1, -0.05) is 6.42 Å². The predicted molar refractivity (Wildman–Crippen MR) is 72.3 cm³/mol. The maximum absolute atomic E-state index is 5.69. The van der Waals surface area contributed by atoms with Crippen molar-refractivity contribution in [1.29, 1.82) is 0 Å². The number of hydrogen-bond acceptors (Lipinski definition) is 2. The molecule has 16 heavy (non-hydrogen) atoms. The molecule has 0 bridgehead atoms. The van der Waals surface area contributed by atoms with Crippen molar-refractivity contribution in [2.24, 2.45) is 0 Å². The summed E-state index contributed by atoms with van der Waals surface area (Å²) in [5, 5.41) is 3.60. The van der Waals surface area contributed by atoms with Gasteiger partial charge in [-0.25, -0.2) is 0 Å². The third kappa shape index (κ3) is 5.51. The Kier molecular flexibility index (Phi) is 7.42. The van der Waals surface area contributed by atoms with Crippen molar-refractivity contribution < 1.29 is 0 Å². The van der Waals surface area contributed by atoms with E-state index in [1.54, 1.807) is 0 Å². The molecule has 3 heteroatoms. The Bertz CT molecular complexity index is 175. The Morgan fingerprint density at radius 3 is 2.94 bits per heavy atom. The molecule has 2 atom stereocenters. The van der Waals surface area contributed by atoms with E-state index in [0.29, 0.717) is 6.04 Å². The lowest BCUT2D eigenvalue weighted by Crippen LogP contribution is -2.39. The van der Waals surface area contributed by atoms with Gasteiger partial charge < -0.3 is 10.2 Å². The highest BCUT2D eigenvalue weighted by molar-refractivity contribution is 6.17. The van der Waals surface area contributed by atoms with Crippen molar-refractivity contribution in [3.63, 3.8) is 0 Å². The van der Waals surface area contributed by atoms with Crippen LogP contribution in [0.1, 0.15) is 45.4 Å². The smallest absolute Gasteiger partial charge is 0.0224 e. The van der Waals surface area contributed by atoms with Crippen LogP contribution in [0.4, 0.5) is 0 Å². The highest BCUT2D eigenvalue weighted by atomic mass is 35.5. The Hall–Kier alpha value is 0.210. The zero-order valence-corrected chi connectivity index (χ0v) is 11.6. The van der Waals surface area contributed by atoms with Crippen LogP contribution in [0.3, 0.4) is 0 Å². The van der Waals surface area contributed by atoms with Crippen LogP contribution in [0.25, 0.3) is 0 Å². The zero-order valence-electron chi connectivity index (χ0n) is 10.8. The van der Waals surface area contributed by atoms with E-state index >= 15 is 0 Å². The first-order chi connectivity index (χ1) is 7.74. The maximum atomic E-state index is 5.69. The van der Waals surface area contributed by atoms with Gasteiger partial charge in [0.25, 0.3) is 0 Å². The quantitative estimate of drug-likeness (QED) is 0.695. The van der Waals surface area contributed by atoms with Crippen LogP contribution in [0, 0.1) is 0 Å². The molecule has 1 N–H and O–H groups in total. The summed E-state index contributed by atoms with van der Waals surface area (Å²) < 4.78 is 0. The van der Waals surface area contributed by atoms with E-state index < -0.39 is 0 Å². The van der Waals surface area contributed by atoms with Gasteiger partial charge in [-0.2, -0.15) is 0 Å². The second-order valence-electron chi connectivity index (χ2n) is 5.11. The van der Waals surface area contributed by atoms with Crippen LogP contribution in [-0.4, -0.2) is 43.0 Å². The van der Waals surface area contributed by atoms with Crippen molar-refractivity contribution in [2.45, 2.75) is 57.5 Å². The molecule has 0 spiro atoms. The van der Waals surface area contributed by atoms with Crippen LogP contribution in [0.5, 0.6) is 0 Å². The second-order valence-corrected chi connectivity index (χ2v) is 5.48. The second kappa shape index (κ2) is 8.32. The van der Waals surface area contributed by atoms with Gasteiger partial charge in [-0.15, -0.1) is 11.6 Å². The molecule has 1 aliphatic rings. The lowest BCUT2D eigenvalue weighted by Gasteiger charge is -2.32. The van der Waals surface area contributed by atoms with E-state index in [1.807, 2.05) is 0 Å². The Morgan fingerprint density at radius 1 is 1.44 bits per heavy atom. The van der Waals surface area contributed by atoms with Gasteiger partial charge in [0.1, 0.15) is 0 Å². The van der Waals surface area contributed by atoms with Crippen molar-refractivity contribution in [1.82, 2.24) is 10.2 Å². The minimum absolute atomic E-state index is 0.618. The van der Waals surface area contributed by atoms with Crippen LogP contribution in [0.2, 0.25) is 0 Å². The summed E-state index contributed by atoms with van der Waals surface area (Å²) in [7, 11) is 2.26. The summed E-state index contributed by atoms with van der Waals surface area (Å²) in [6.07, 6.45) is 7.79. The molecule has 0 saturated carbocycles. The highest BCUT2D eigenvalue weighted by Crippen LogP contribution is 2.17. The number of halogens is 1. The number of likely N-dealkylation sites (tertiary alicyclic amines) is 1. The summed E-state index contributed by atoms with van der Waals surface area (Å²) in [5.74, 6) is 0.789. The van der Waals surface area contributed by atoms with E-state index in [4.69, 9.17) is 11.6 Å². The minimum Gasteiger partial charge on any atom is -0.314 e. The minimum atomic E-state index is 0.618. The molecule has 2 unspecified atom stereocenters. The molecule has 0 aromatic heterocycles. The number of nitrogens with zero attached hydrogens (tertiary/aromatic N) is 1. The van der Waals surface area contributed by atoms with Crippen molar-refractivity contribution in [2.75, 3.05) is 26.0 Å². The van der Waals surface area contributed by atoms with Gasteiger partial charge in [-0.05, 0) is 59.2 Å². The van der Waals surface area contributed by atoms with Crippen LogP contribution in [0.15, 0.2) is 0 Å². The number of piperidine rings is 1. The molecule has 0 amide bonds. The number of rotatable bonds is 7. The van der Waals surface area contributed by atoms with Gasteiger partial charge in [-0.3, -0.25) is 0 Å². The molecule has 0 radical (unpaired) electrons. The summed E-state index contributed by atoms with van der Waals surface area (Å²) in [4.78, 5) is 2.52. The average Bonchev–Trinajstić information content (AvgIpc) is 2.29. The Morgan fingerprint density at radius 2 is 2.25 bits per heavy atom. The monoisotopic (exact) mass is 246 g/mol. The Balaban J connectivity index is 2.05. The third-order valence-corrected chi connectivity index (χ3v) is 3.93. The summed E-state index contributed by atoms with van der Waals surface area (Å²) in [6.45, 7) is 4.70. The summed E-state index contributed by atoms with van der Waals surface area (Å²) in [5.41, 5.74) is 0. The topological polar surface area (TPSA) is 15.3 Å². The fourth-order valence-electron chi connectivity index (χ4n) is 2.49. The van der Waals surface area contributed by atoms with E-state index in [2.05, 4.69) is 24.2 Å².